The van der Waals surface area contributed by atoms with Crippen molar-refractivity contribution in [2.75, 3.05) is 31.2 Å². The van der Waals surface area contributed by atoms with E-state index in [1.54, 1.807) is 22.9 Å². The number of sulfonamides is 1. The molecule has 0 bridgehead atoms. The van der Waals surface area contributed by atoms with Gasteiger partial charge in [-0.15, -0.1) is 0 Å². The van der Waals surface area contributed by atoms with E-state index in [0.717, 1.165) is 6.26 Å². The number of aromatic nitrogens is 2. The second kappa shape index (κ2) is 7.39. The van der Waals surface area contributed by atoms with Crippen LogP contribution < -0.4 is 10.0 Å². The fourth-order valence-electron chi connectivity index (χ4n) is 2.82. The second-order valence-corrected chi connectivity index (χ2v) is 8.09. The van der Waals surface area contributed by atoms with Gasteiger partial charge in [0.05, 0.1) is 36.8 Å². The lowest BCUT2D eigenvalue weighted by molar-refractivity contribution is 0.122. The van der Waals surface area contributed by atoms with Crippen LogP contribution in [0, 0.1) is 0 Å². The lowest BCUT2D eigenvalue weighted by Crippen LogP contribution is -2.46. The Morgan fingerprint density at radius 3 is 2.79 bits per heavy atom. The Morgan fingerprint density at radius 1 is 1.50 bits per heavy atom. The molecule has 0 saturated carbocycles. The van der Waals surface area contributed by atoms with Gasteiger partial charge in [0.25, 0.3) is 0 Å². The van der Waals surface area contributed by atoms with Crippen molar-refractivity contribution in [2.24, 2.45) is 0 Å². The third-order valence-corrected chi connectivity index (χ3v) is 4.31. The molecule has 1 aliphatic heterocycles. The van der Waals surface area contributed by atoms with Crippen LogP contribution in [0.2, 0.25) is 0 Å². The fourth-order valence-corrected chi connectivity index (χ4v) is 3.35. The maximum atomic E-state index is 12.3. The number of likely N-dealkylation sites (tertiary alicyclic amines) is 1. The fraction of sp³-hybridized carbons (Fsp3) is 0.714. The molecule has 1 aromatic heterocycles. The van der Waals surface area contributed by atoms with E-state index in [2.05, 4.69) is 15.1 Å². The summed E-state index contributed by atoms with van der Waals surface area (Å²) in [5.41, 5.74) is 0.408. The highest BCUT2D eigenvalue weighted by molar-refractivity contribution is 7.92. The number of methoxy groups -OCH3 is 1. The van der Waals surface area contributed by atoms with E-state index in [4.69, 9.17) is 4.74 Å². The van der Waals surface area contributed by atoms with E-state index >= 15 is 0 Å². The molecular formula is C14H25N5O4S. The predicted molar refractivity (Wildman–Crippen MR) is 90.4 cm³/mol. The Balaban J connectivity index is 2.10. The van der Waals surface area contributed by atoms with Crippen LogP contribution in [0.1, 0.15) is 26.3 Å². The minimum atomic E-state index is -3.34. The van der Waals surface area contributed by atoms with E-state index in [1.807, 2.05) is 13.8 Å². The maximum absolute atomic E-state index is 12.3. The molecule has 0 unspecified atom stereocenters. The number of carbonyl (C=O) groups excluding carboxylic acids is 1. The normalized spacial score (nSPS) is 21.3. The van der Waals surface area contributed by atoms with Gasteiger partial charge in [-0.2, -0.15) is 5.10 Å². The first-order chi connectivity index (χ1) is 11.2. The third kappa shape index (κ3) is 4.84. The van der Waals surface area contributed by atoms with Gasteiger partial charge in [-0.25, -0.2) is 13.2 Å². The molecule has 1 aromatic rings. The molecule has 0 radical (unpaired) electrons. The molecule has 2 heterocycles. The van der Waals surface area contributed by atoms with Crippen molar-refractivity contribution >= 4 is 21.7 Å². The molecule has 0 aliphatic carbocycles. The summed E-state index contributed by atoms with van der Waals surface area (Å²) in [6.07, 6.45) is 4.88. The Morgan fingerprint density at radius 2 is 2.21 bits per heavy atom. The average molecular weight is 359 g/mol. The molecule has 2 rings (SSSR count). The summed E-state index contributed by atoms with van der Waals surface area (Å²) in [6, 6.07) is -0.154. The number of hydrogen-bond acceptors (Lipinski definition) is 5. The number of ether oxygens (including phenoxy) is 1. The van der Waals surface area contributed by atoms with Crippen LogP contribution in [0.15, 0.2) is 12.4 Å². The van der Waals surface area contributed by atoms with Crippen LogP contribution in [0.25, 0.3) is 0 Å². The van der Waals surface area contributed by atoms with E-state index in [0.29, 0.717) is 25.3 Å². The zero-order valence-electron chi connectivity index (χ0n) is 14.4. The number of nitrogens with one attached hydrogen (secondary N) is 2. The number of amides is 2. The van der Waals surface area contributed by atoms with Gasteiger partial charge in [0, 0.05) is 25.9 Å². The maximum Gasteiger partial charge on any atom is 0.317 e. The predicted octanol–water partition coefficient (Wildman–Crippen LogP) is 0.634. The van der Waals surface area contributed by atoms with Crippen molar-refractivity contribution in [3.63, 3.8) is 0 Å². The van der Waals surface area contributed by atoms with Gasteiger partial charge in [-0.1, -0.05) is 0 Å². The smallest absolute Gasteiger partial charge is 0.317 e. The number of carbonyl (C=O) groups is 1. The highest BCUT2D eigenvalue weighted by Crippen LogP contribution is 2.28. The van der Waals surface area contributed by atoms with Crippen molar-refractivity contribution < 1.29 is 17.9 Å². The van der Waals surface area contributed by atoms with E-state index in [9.17, 15) is 13.2 Å². The summed E-state index contributed by atoms with van der Waals surface area (Å²) in [7, 11) is -1.74. The number of rotatable bonds is 6. The molecule has 0 aromatic carbocycles. The van der Waals surface area contributed by atoms with Gasteiger partial charge in [0.2, 0.25) is 10.0 Å². The highest BCUT2D eigenvalue weighted by atomic mass is 32.2. The van der Waals surface area contributed by atoms with E-state index < -0.39 is 10.0 Å². The number of urea groups is 1. The molecule has 2 atom stereocenters. The quantitative estimate of drug-likeness (QED) is 0.775. The Bertz CT molecular complexity index is 672. The van der Waals surface area contributed by atoms with Crippen LogP contribution in [0.3, 0.4) is 0 Å². The first-order valence-corrected chi connectivity index (χ1v) is 9.66. The standard InChI is InChI=1S/C14H25N5O4S/c1-10(2)16-14(20)18-8-12(5-13(18)9-23-3)19-7-11(6-15-19)17-24(4,21)22/h6-7,10,12-13,17H,5,8-9H2,1-4H3,(H,16,20)/t12-,13-/m0/s1. The van der Waals surface area contributed by atoms with Crippen molar-refractivity contribution in [3.05, 3.63) is 12.4 Å². The first-order valence-electron chi connectivity index (χ1n) is 7.77. The summed E-state index contributed by atoms with van der Waals surface area (Å²) >= 11 is 0. The Hall–Kier alpha value is -1.81. The molecule has 1 aliphatic rings. The lowest BCUT2D eigenvalue weighted by Gasteiger charge is -2.25. The van der Waals surface area contributed by atoms with Crippen molar-refractivity contribution in [2.45, 2.75) is 38.4 Å². The van der Waals surface area contributed by atoms with Gasteiger partial charge < -0.3 is 15.0 Å². The summed E-state index contributed by atoms with van der Waals surface area (Å²) in [5, 5.41) is 7.11. The van der Waals surface area contributed by atoms with Gasteiger partial charge in [-0.05, 0) is 20.3 Å². The number of anilines is 1. The van der Waals surface area contributed by atoms with Gasteiger partial charge in [0.15, 0.2) is 0 Å². The van der Waals surface area contributed by atoms with Crippen molar-refractivity contribution in [1.82, 2.24) is 20.0 Å². The minimum absolute atomic E-state index is 0.0295. The number of nitrogens with zero attached hydrogens (tertiary/aromatic N) is 3. The largest absolute Gasteiger partial charge is 0.383 e. The summed E-state index contributed by atoms with van der Waals surface area (Å²) in [4.78, 5) is 14.1. The van der Waals surface area contributed by atoms with Crippen molar-refractivity contribution in [3.8, 4) is 0 Å². The third-order valence-electron chi connectivity index (χ3n) is 3.70. The van der Waals surface area contributed by atoms with Gasteiger partial charge in [0.1, 0.15) is 0 Å². The zero-order chi connectivity index (χ0) is 17.9. The molecular weight excluding hydrogens is 334 g/mol. The van der Waals surface area contributed by atoms with Crippen LogP contribution in [-0.2, 0) is 14.8 Å². The molecule has 10 heteroatoms. The summed E-state index contributed by atoms with van der Waals surface area (Å²) in [6.45, 7) is 4.76. The monoisotopic (exact) mass is 359 g/mol. The van der Waals surface area contributed by atoms with E-state index in [-0.39, 0.29) is 24.2 Å². The Kier molecular flexibility index (Phi) is 5.70. The van der Waals surface area contributed by atoms with Crippen molar-refractivity contribution in [1.29, 1.82) is 0 Å². The molecule has 2 N–H and O–H groups in total. The molecule has 9 nitrogen and oxygen atoms in total. The first kappa shape index (κ1) is 18.5. The van der Waals surface area contributed by atoms with Crippen LogP contribution in [-0.4, -0.2) is 67.7 Å². The molecule has 1 saturated heterocycles. The average Bonchev–Trinajstić information content (AvgIpc) is 3.03. The molecule has 1 fully saturated rings. The van der Waals surface area contributed by atoms with Crippen LogP contribution >= 0.6 is 0 Å². The molecule has 0 spiro atoms. The summed E-state index contributed by atoms with van der Waals surface area (Å²) < 4.78 is 31.9. The van der Waals surface area contributed by atoms with Crippen LogP contribution in [0.4, 0.5) is 10.5 Å². The lowest BCUT2D eigenvalue weighted by atomic mass is 10.2. The highest BCUT2D eigenvalue weighted by Gasteiger charge is 2.36. The molecule has 24 heavy (non-hydrogen) atoms. The minimum Gasteiger partial charge on any atom is -0.383 e. The topological polar surface area (TPSA) is 106 Å². The van der Waals surface area contributed by atoms with Crippen LogP contribution in [0.5, 0.6) is 0 Å². The molecule has 136 valence electrons. The van der Waals surface area contributed by atoms with Gasteiger partial charge >= 0.3 is 6.03 Å². The Labute approximate surface area is 142 Å². The SMILES string of the molecule is COC[C@@H]1C[C@H](n2cc(NS(C)(=O)=O)cn2)CN1C(=O)NC(C)C. The van der Waals surface area contributed by atoms with Gasteiger partial charge in [-0.3, -0.25) is 9.40 Å². The second-order valence-electron chi connectivity index (χ2n) is 6.34. The van der Waals surface area contributed by atoms with E-state index in [1.165, 1.54) is 6.20 Å². The zero-order valence-corrected chi connectivity index (χ0v) is 15.2. The molecule has 2 amide bonds. The summed E-state index contributed by atoms with van der Waals surface area (Å²) in [5.74, 6) is 0. The number of hydrogen-bond donors (Lipinski definition) is 2.